The summed E-state index contributed by atoms with van der Waals surface area (Å²) >= 11 is 3.08. The Labute approximate surface area is 107 Å². The van der Waals surface area contributed by atoms with Gasteiger partial charge >= 0.3 is 0 Å². The van der Waals surface area contributed by atoms with Gasteiger partial charge in [0.15, 0.2) is 0 Å². The number of benzene rings is 1. The molecule has 0 aromatic heterocycles. The van der Waals surface area contributed by atoms with Crippen molar-refractivity contribution in [3.05, 3.63) is 22.7 Å². The first-order valence-corrected chi connectivity index (χ1v) is 6.78. The lowest BCUT2D eigenvalue weighted by Crippen LogP contribution is -2.31. The fourth-order valence-corrected chi connectivity index (χ4v) is 2.85. The number of alkyl halides is 2. The number of sulfonamides is 1. The van der Waals surface area contributed by atoms with Crippen LogP contribution in [0.5, 0.6) is 0 Å². The third kappa shape index (κ3) is 3.36. The topological polar surface area (TPSA) is 63.4 Å². The number of rotatable bonds is 4. The standard InChI is InChI=1S/C9H11BrF2N2O2S/c1-14(5-9(11)12)17(15,16)6-2-3-8(13)7(10)4-6/h2-4,9H,5,13H2,1H3. The summed E-state index contributed by atoms with van der Waals surface area (Å²) in [6.45, 7) is -0.843. The fraction of sp³-hybridized carbons (Fsp3) is 0.333. The smallest absolute Gasteiger partial charge is 0.252 e. The maximum atomic E-state index is 12.1. The monoisotopic (exact) mass is 328 g/mol. The highest BCUT2D eigenvalue weighted by molar-refractivity contribution is 9.10. The van der Waals surface area contributed by atoms with E-state index in [4.69, 9.17) is 5.73 Å². The summed E-state index contributed by atoms with van der Waals surface area (Å²) < 4.78 is 49.0. The first-order valence-electron chi connectivity index (χ1n) is 4.54. The Kier molecular flexibility index (Phi) is 4.45. The molecule has 0 spiro atoms. The van der Waals surface area contributed by atoms with Crippen molar-refractivity contribution < 1.29 is 17.2 Å². The summed E-state index contributed by atoms with van der Waals surface area (Å²) in [4.78, 5) is -0.0817. The van der Waals surface area contributed by atoms with Gasteiger partial charge in [-0.3, -0.25) is 0 Å². The van der Waals surface area contributed by atoms with Gasteiger partial charge < -0.3 is 5.73 Å². The second kappa shape index (κ2) is 5.28. The van der Waals surface area contributed by atoms with Gasteiger partial charge in [0.2, 0.25) is 10.0 Å². The van der Waals surface area contributed by atoms with Crippen LogP contribution in [0.2, 0.25) is 0 Å². The SMILES string of the molecule is CN(CC(F)F)S(=O)(=O)c1ccc(N)c(Br)c1. The van der Waals surface area contributed by atoms with Gasteiger partial charge in [0.05, 0.1) is 11.4 Å². The van der Waals surface area contributed by atoms with Crippen molar-refractivity contribution in [2.75, 3.05) is 19.3 Å². The highest BCUT2D eigenvalue weighted by Crippen LogP contribution is 2.24. The molecular weight excluding hydrogens is 318 g/mol. The molecule has 0 aliphatic carbocycles. The van der Waals surface area contributed by atoms with Gasteiger partial charge in [-0.15, -0.1) is 0 Å². The lowest BCUT2D eigenvalue weighted by Gasteiger charge is -2.16. The van der Waals surface area contributed by atoms with Gasteiger partial charge in [-0.2, -0.15) is 4.31 Å². The molecule has 1 aromatic carbocycles. The Bertz CT molecular complexity index is 508. The first kappa shape index (κ1) is 14.3. The molecule has 0 saturated carbocycles. The van der Waals surface area contributed by atoms with Crippen LogP contribution in [0.1, 0.15) is 0 Å². The van der Waals surface area contributed by atoms with Crippen molar-refractivity contribution in [2.24, 2.45) is 0 Å². The number of hydrogen-bond donors (Lipinski definition) is 1. The third-order valence-electron chi connectivity index (χ3n) is 2.08. The molecular formula is C9H11BrF2N2O2S. The van der Waals surface area contributed by atoms with Crippen LogP contribution in [-0.2, 0) is 10.0 Å². The zero-order valence-corrected chi connectivity index (χ0v) is 11.3. The van der Waals surface area contributed by atoms with Crippen LogP contribution in [0.15, 0.2) is 27.6 Å². The lowest BCUT2D eigenvalue weighted by molar-refractivity contribution is 0.126. The molecule has 8 heteroatoms. The lowest BCUT2D eigenvalue weighted by atomic mass is 10.3. The molecule has 0 heterocycles. The first-order chi connectivity index (χ1) is 7.75. The number of nitrogens with zero attached hydrogens (tertiary/aromatic N) is 1. The number of hydrogen-bond acceptors (Lipinski definition) is 3. The van der Waals surface area contributed by atoms with E-state index < -0.39 is 23.0 Å². The van der Waals surface area contributed by atoms with E-state index in [1.165, 1.54) is 18.2 Å². The van der Waals surface area contributed by atoms with Crippen LogP contribution in [0.25, 0.3) is 0 Å². The van der Waals surface area contributed by atoms with Crippen LogP contribution < -0.4 is 5.73 Å². The highest BCUT2D eigenvalue weighted by Gasteiger charge is 2.23. The summed E-state index contributed by atoms with van der Waals surface area (Å²) in [5.74, 6) is 0. The number of nitrogen functional groups attached to an aromatic ring is 1. The maximum Gasteiger partial charge on any atom is 0.252 e. The Hall–Kier alpha value is -0.730. The van der Waals surface area contributed by atoms with E-state index in [2.05, 4.69) is 15.9 Å². The highest BCUT2D eigenvalue weighted by atomic mass is 79.9. The molecule has 1 aromatic rings. The maximum absolute atomic E-state index is 12.1. The van der Waals surface area contributed by atoms with Gasteiger partial charge in [-0.25, -0.2) is 17.2 Å². The minimum Gasteiger partial charge on any atom is -0.398 e. The largest absolute Gasteiger partial charge is 0.398 e. The molecule has 4 nitrogen and oxygen atoms in total. The van der Waals surface area contributed by atoms with E-state index in [0.29, 0.717) is 14.5 Å². The van der Waals surface area contributed by atoms with Crippen LogP contribution in [-0.4, -0.2) is 32.7 Å². The molecule has 0 bridgehead atoms. The van der Waals surface area contributed by atoms with Crippen molar-refractivity contribution in [2.45, 2.75) is 11.3 Å². The molecule has 0 radical (unpaired) electrons. The van der Waals surface area contributed by atoms with E-state index in [-0.39, 0.29) is 4.90 Å². The fourth-order valence-electron chi connectivity index (χ4n) is 1.14. The predicted octanol–water partition coefficient (Wildman–Crippen LogP) is 1.92. The van der Waals surface area contributed by atoms with E-state index in [1.807, 2.05) is 0 Å². The third-order valence-corrected chi connectivity index (χ3v) is 4.58. The second-order valence-electron chi connectivity index (χ2n) is 3.36. The number of nitrogens with two attached hydrogens (primary N) is 1. The van der Waals surface area contributed by atoms with Crippen LogP contribution in [0.3, 0.4) is 0 Å². The van der Waals surface area contributed by atoms with Crippen LogP contribution >= 0.6 is 15.9 Å². The molecule has 0 aliphatic rings. The van der Waals surface area contributed by atoms with Crippen LogP contribution in [0, 0.1) is 0 Å². The van der Waals surface area contributed by atoms with Crippen molar-refractivity contribution in [3.8, 4) is 0 Å². The summed E-state index contributed by atoms with van der Waals surface area (Å²) in [5, 5.41) is 0. The summed E-state index contributed by atoms with van der Waals surface area (Å²) in [5.41, 5.74) is 5.89. The second-order valence-corrected chi connectivity index (χ2v) is 6.26. The molecule has 17 heavy (non-hydrogen) atoms. The molecule has 2 N–H and O–H groups in total. The Morgan fingerprint density at radius 1 is 1.47 bits per heavy atom. The number of halogens is 3. The molecule has 0 aliphatic heterocycles. The normalized spacial score (nSPS) is 12.4. The van der Waals surface area contributed by atoms with Crippen molar-refractivity contribution in [3.63, 3.8) is 0 Å². The minimum absolute atomic E-state index is 0.0817. The van der Waals surface area contributed by atoms with Gasteiger partial charge in [0, 0.05) is 17.2 Å². The Balaban J connectivity index is 3.09. The quantitative estimate of drug-likeness (QED) is 0.859. The number of anilines is 1. The van der Waals surface area contributed by atoms with E-state index in [0.717, 1.165) is 7.05 Å². The molecule has 0 amide bonds. The van der Waals surface area contributed by atoms with Crippen molar-refractivity contribution in [1.29, 1.82) is 0 Å². The van der Waals surface area contributed by atoms with Gasteiger partial charge in [0.25, 0.3) is 6.43 Å². The molecule has 1 rings (SSSR count). The van der Waals surface area contributed by atoms with Crippen LogP contribution in [0.4, 0.5) is 14.5 Å². The van der Waals surface area contributed by atoms with Gasteiger partial charge in [0.1, 0.15) is 0 Å². The average molecular weight is 329 g/mol. The van der Waals surface area contributed by atoms with Gasteiger partial charge in [-0.05, 0) is 34.1 Å². The van der Waals surface area contributed by atoms with E-state index in [9.17, 15) is 17.2 Å². The molecule has 96 valence electrons. The molecule has 0 saturated heterocycles. The zero-order valence-electron chi connectivity index (χ0n) is 8.90. The Morgan fingerprint density at radius 2 is 2.06 bits per heavy atom. The summed E-state index contributed by atoms with van der Waals surface area (Å²) in [7, 11) is -2.80. The summed E-state index contributed by atoms with van der Waals surface area (Å²) in [6, 6.07) is 3.96. The Morgan fingerprint density at radius 3 is 2.53 bits per heavy atom. The predicted molar refractivity (Wildman–Crippen MR) is 64.4 cm³/mol. The van der Waals surface area contributed by atoms with Crippen molar-refractivity contribution in [1.82, 2.24) is 4.31 Å². The average Bonchev–Trinajstić information content (AvgIpc) is 2.20. The zero-order chi connectivity index (χ0) is 13.2. The van der Waals surface area contributed by atoms with E-state index in [1.54, 1.807) is 0 Å². The molecule has 0 unspecified atom stereocenters. The summed E-state index contributed by atoms with van der Waals surface area (Å²) in [6.07, 6.45) is -2.72. The molecule has 0 fully saturated rings. The molecule has 0 atom stereocenters. The van der Waals surface area contributed by atoms with Crippen molar-refractivity contribution >= 4 is 31.6 Å². The van der Waals surface area contributed by atoms with Gasteiger partial charge in [-0.1, -0.05) is 0 Å². The van der Waals surface area contributed by atoms with E-state index >= 15 is 0 Å². The minimum atomic E-state index is -3.91.